The Bertz CT molecular complexity index is 931. The first kappa shape index (κ1) is 21.7. The molecular formula is C25H29ClN2O3. The number of nitrogens with zero attached hydrogens (tertiary/aromatic N) is 2. The number of hydrogen-bond acceptors (Lipinski definition) is 3. The molecule has 1 fully saturated rings. The van der Waals surface area contributed by atoms with Crippen molar-refractivity contribution < 1.29 is 14.3 Å². The fourth-order valence-corrected chi connectivity index (χ4v) is 4.72. The van der Waals surface area contributed by atoms with Crippen LogP contribution in [0.25, 0.3) is 0 Å². The maximum Gasteiger partial charge on any atom is 0.257 e. The Hall–Kier alpha value is -2.53. The summed E-state index contributed by atoms with van der Waals surface area (Å²) in [5.74, 6) is 0.611. The van der Waals surface area contributed by atoms with Gasteiger partial charge in [-0.1, -0.05) is 30.2 Å². The van der Waals surface area contributed by atoms with Gasteiger partial charge >= 0.3 is 0 Å². The first-order valence-corrected chi connectivity index (χ1v) is 11.5. The van der Waals surface area contributed by atoms with E-state index in [2.05, 4.69) is 0 Å². The molecule has 2 aromatic carbocycles. The van der Waals surface area contributed by atoms with Crippen molar-refractivity contribution in [3.8, 4) is 5.75 Å². The van der Waals surface area contributed by atoms with Crippen LogP contribution in [0, 0.1) is 0 Å². The number of fused-ring (bicyclic) bond motifs is 2. The number of para-hydroxylation sites is 1. The number of benzene rings is 2. The van der Waals surface area contributed by atoms with E-state index in [1.54, 1.807) is 29.2 Å². The van der Waals surface area contributed by atoms with Gasteiger partial charge in [-0.3, -0.25) is 9.59 Å². The quantitative estimate of drug-likeness (QED) is 0.624. The van der Waals surface area contributed by atoms with E-state index in [0.717, 1.165) is 38.5 Å². The van der Waals surface area contributed by atoms with Crippen LogP contribution in [0.15, 0.2) is 48.5 Å². The molecule has 0 spiro atoms. The highest BCUT2D eigenvalue weighted by molar-refractivity contribution is 6.30. The summed E-state index contributed by atoms with van der Waals surface area (Å²) in [6.45, 7) is 1.29. The van der Waals surface area contributed by atoms with Crippen molar-refractivity contribution in [2.45, 2.75) is 50.7 Å². The third-order valence-corrected chi connectivity index (χ3v) is 6.56. The normalized spacial score (nSPS) is 22.5. The van der Waals surface area contributed by atoms with Crippen LogP contribution in [-0.4, -0.2) is 53.9 Å². The third kappa shape index (κ3) is 4.87. The summed E-state index contributed by atoms with van der Waals surface area (Å²) in [5.41, 5.74) is 1.24. The minimum absolute atomic E-state index is 0.0161. The van der Waals surface area contributed by atoms with Crippen LogP contribution in [-0.2, 0) is 0 Å². The van der Waals surface area contributed by atoms with Gasteiger partial charge in [0.15, 0.2) is 0 Å². The number of rotatable bonds is 1. The number of hydrogen-bond donors (Lipinski definition) is 0. The van der Waals surface area contributed by atoms with Gasteiger partial charge in [-0.25, -0.2) is 0 Å². The zero-order valence-corrected chi connectivity index (χ0v) is 18.7. The smallest absolute Gasteiger partial charge is 0.257 e. The number of carbonyl (C=O) groups is 2. The van der Waals surface area contributed by atoms with Crippen molar-refractivity contribution >= 4 is 23.4 Å². The molecule has 5 nitrogen and oxygen atoms in total. The molecule has 0 radical (unpaired) electrons. The van der Waals surface area contributed by atoms with Gasteiger partial charge in [0.2, 0.25) is 0 Å². The standard InChI is InChI=1S/C25H29ClN2O3/c1-27-16-6-7-17-28(24(29)18-12-14-19(26)15-13-18)21-9-3-5-11-23(21)31-22-10-4-2-8-20(22)25(27)30/h2,4,8,10,12-15,21,23H,3,5-7,9,11,16-17H2,1H3/t21-,23+/m1/s1. The largest absolute Gasteiger partial charge is 0.487 e. The molecule has 0 saturated heterocycles. The van der Waals surface area contributed by atoms with Crippen molar-refractivity contribution in [1.82, 2.24) is 9.80 Å². The molecule has 2 aliphatic rings. The molecular weight excluding hydrogens is 412 g/mol. The Labute approximate surface area is 188 Å². The molecule has 164 valence electrons. The predicted molar refractivity (Wildman–Crippen MR) is 122 cm³/mol. The predicted octanol–water partition coefficient (Wildman–Crippen LogP) is 5.04. The summed E-state index contributed by atoms with van der Waals surface area (Å²) in [5, 5.41) is 0.619. The van der Waals surface area contributed by atoms with Gasteiger partial charge in [0, 0.05) is 30.7 Å². The van der Waals surface area contributed by atoms with Gasteiger partial charge in [-0.2, -0.15) is 0 Å². The van der Waals surface area contributed by atoms with E-state index >= 15 is 0 Å². The average Bonchev–Trinajstić information content (AvgIpc) is 2.79. The van der Waals surface area contributed by atoms with Crippen LogP contribution >= 0.6 is 11.6 Å². The highest BCUT2D eigenvalue weighted by Gasteiger charge is 2.35. The van der Waals surface area contributed by atoms with E-state index < -0.39 is 0 Å². The summed E-state index contributed by atoms with van der Waals surface area (Å²) in [6.07, 6.45) is 5.43. The van der Waals surface area contributed by atoms with Crippen LogP contribution in [0.2, 0.25) is 5.02 Å². The molecule has 2 aromatic rings. The summed E-state index contributed by atoms with van der Waals surface area (Å²) in [6, 6.07) is 14.5. The van der Waals surface area contributed by atoms with Crippen molar-refractivity contribution in [3.05, 3.63) is 64.7 Å². The van der Waals surface area contributed by atoms with Crippen LogP contribution in [0.4, 0.5) is 0 Å². The fraction of sp³-hybridized carbons (Fsp3) is 0.440. The minimum atomic E-state index is -0.135. The van der Waals surface area contributed by atoms with E-state index in [1.165, 1.54) is 0 Å². The molecule has 4 rings (SSSR count). The van der Waals surface area contributed by atoms with Crippen molar-refractivity contribution in [2.24, 2.45) is 0 Å². The average molecular weight is 441 g/mol. The van der Waals surface area contributed by atoms with Crippen LogP contribution in [0.3, 0.4) is 0 Å². The lowest BCUT2D eigenvalue weighted by molar-refractivity contribution is 0.0261. The highest BCUT2D eigenvalue weighted by Crippen LogP contribution is 2.31. The van der Waals surface area contributed by atoms with E-state index in [9.17, 15) is 9.59 Å². The summed E-state index contributed by atoms with van der Waals surface area (Å²) in [7, 11) is 1.82. The van der Waals surface area contributed by atoms with E-state index in [4.69, 9.17) is 16.3 Å². The lowest BCUT2D eigenvalue weighted by Gasteiger charge is -2.40. The fourth-order valence-electron chi connectivity index (χ4n) is 4.60. The van der Waals surface area contributed by atoms with E-state index in [-0.39, 0.29) is 24.0 Å². The Morgan fingerprint density at radius 2 is 1.68 bits per heavy atom. The van der Waals surface area contributed by atoms with Crippen LogP contribution in [0.1, 0.15) is 59.2 Å². The second-order valence-electron chi connectivity index (χ2n) is 8.44. The molecule has 31 heavy (non-hydrogen) atoms. The summed E-state index contributed by atoms with van der Waals surface area (Å²) >= 11 is 6.03. The van der Waals surface area contributed by atoms with Crippen molar-refractivity contribution in [2.75, 3.05) is 20.1 Å². The van der Waals surface area contributed by atoms with Gasteiger partial charge in [0.25, 0.3) is 11.8 Å². The number of carbonyl (C=O) groups excluding carboxylic acids is 2. The van der Waals surface area contributed by atoms with Crippen molar-refractivity contribution in [1.29, 1.82) is 0 Å². The first-order valence-electron chi connectivity index (χ1n) is 11.1. The summed E-state index contributed by atoms with van der Waals surface area (Å²) < 4.78 is 6.46. The van der Waals surface area contributed by atoms with Gasteiger partial charge in [-0.15, -0.1) is 0 Å². The lowest BCUT2D eigenvalue weighted by Crippen LogP contribution is -2.51. The van der Waals surface area contributed by atoms with E-state index in [0.29, 0.717) is 35.0 Å². The third-order valence-electron chi connectivity index (χ3n) is 6.31. The minimum Gasteiger partial charge on any atom is -0.487 e. The van der Waals surface area contributed by atoms with Crippen LogP contribution < -0.4 is 4.74 Å². The Morgan fingerprint density at radius 1 is 0.968 bits per heavy atom. The number of halogens is 1. The molecule has 1 aliphatic carbocycles. The molecule has 2 amide bonds. The Morgan fingerprint density at radius 3 is 2.48 bits per heavy atom. The van der Waals surface area contributed by atoms with Gasteiger partial charge in [-0.05, 0) is 68.5 Å². The topological polar surface area (TPSA) is 49.9 Å². The Balaban J connectivity index is 1.68. The van der Waals surface area contributed by atoms with Gasteiger partial charge in [0.1, 0.15) is 11.9 Å². The molecule has 0 unspecified atom stereocenters. The Kier molecular flexibility index (Phi) is 6.81. The zero-order chi connectivity index (χ0) is 21.8. The van der Waals surface area contributed by atoms with Crippen LogP contribution in [0.5, 0.6) is 5.75 Å². The second-order valence-corrected chi connectivity index (χ2v) is 8.88. The van der Waals surface area contributed by atoms with Gasteiger partial charge < -0.3 is 14.5 Å². The first-order chi connectivity index (χ1) is 15.0. The zero-order valence-electron chi connectivity index (χ0n) is 17.9. The molecule has 1 saturated carbocycles. The molecule has 0 N–H and O–H groups in total. The lowest BCUT2D eigenvalue weighted by atomic mass is 9.90. The molecule has 0 aromatic heterocycles. The summed E-state index contributed by atoms with van der Waals surface area (Å²) in [4.78, 5) is 30.2. The monoisotopic (exact) mass is 440 g/mol. The molecule has 0 bridgehead atoms. The molecule has 6 heteroatoms. The molecule has 2 atom stereocenters. The molecule has 1 aliphatic heterocycles. The number of ether oxygens (including phenoxy) is 1. The maximum atomic E-state index is 13.5. The maximum absolute atomic E-state index is 13.5. The van der Waals surface area contributed by atoms with Gasteiger partial charge in [0.05, 0.1) is 11.6 Å². The van der Waals surface area contributed by atoms with Crippen molar-refractivity contribution in [3.63, 3.8) is 0 Å². The second kappa shape index (κ2) is 9.73. The van der Waals surface area contributed by atoms with E-state index in [1.807, 2.05) is 36.2 Å². The number of amides is 2. The molecule has 1 heterocycles. The highest BCUT2D eigenvalue weighted by atomic mass is 35.5. The SMILES string of the molecule is CN1CCCCN(C(=O)c2ccc(Cl)cc2)[C@@H]2CCCC[C@@H]2Oc2ccccc2C1=O.